The van der Waals surface area contributed by atoms with E-state index in [1.54, 1.807) is 13.0 Å². The van der Waals surface area contributed by atoms with Crippen LogP contribution in [0.2, 0.25) is 0 Å². The molecule has 0 heterocycles. The Morgan fingerprint density at radius 2 is 2.00 bits per heavy atom. The van der Waals surface area contributed by atoms with Gasteiger partial charge in [-0.15, -0.1) is 0 Å². The molecule has 1 rings (SSSR count). The van der Waals surface area contributed by atoms with E-state index in [-0.39, 0.29) is 0 Å². The van der Waals surface area contributed by atoms with Crippen molar-refractivity contribution in [2.75, 3.05) is 7.11 Å². The van der Waals surface area contributed by atoms with Crippen LogP contribution in [-0.2, 0) is 14.3 Å². The molecule has 0 bridgehead atoms. The Morgan fingerprint density at radius 1 is 1.33 bits per heavy atom. The summed E-state index contributed by atoms with van der Waals surface area (Å²) in [6, 6.07) is 9.54. The molecule has 3 heteroatoms. The number of rotatable bonds is 4. The van der Waals surface area contributed by atoms with Crippen LogP contribution in [0.3, 0.4) is 0 Å². The molecule has 1 unspecified atom stereocenters. The van der Waals surface area contributed by atoms with Crippen LogP contribution >= 0.6 is 0 Å². The molecule has 80 valence electrons. The second kappa shape index (κ2) is 5.98. The summed E-state index contributed by atoms with van der Waals surface area (Å²) in [5.74, 6) is -0.409. The largest absolute Gasteiger partial charge is 0.433 e. The van der Waals surface area contributed by atoms with E-state index in [1.807, 2.05) is 30.3 Å². The lowest BCUT2D eigenvalue weighted by molar-refractivity contribution is -0.163. The Bertz CT molecular complexity index is 330. The second-order valence-electron chi connectivity index (χ2n) is 2.98. The van der Waals surface area contributed by atoms with Gasteiger partial charge in [0.15, 0.2) is 6.29 Å². The zero-order valence-electron chi connectivity index (χ0n) is 8.84. The number of esters is 1. The molecule has 0 fully saturated rings. The number of hydrogen-bond acceptors (Lipinski definition) is 3. The van der Waals surface area contributed by atoms with E-state index in [9.17, 15) is 4.79 Å². The topological polar surface area (TPSA) is 35.5 Å². The van der Waals surface area contributed by atoms with Crippen LogP contribution in [0.25, 0.3) is 6.08 Å². The van der Waals surface area contributed by atoms with Crippen LogP contribution in [0.1, 0.15) is 12.5 Å². The number of benzene rings is 1. The number of hydrogen-bond donors (Lipinski definition) is 0. The molecule has 1 aromatic carbocycles. The summed E-state index contributed by atoms with van der Waals surface area (Å²) in [6.07, 6.45) is 2.56. The first-order valence-corrected chi connectivity index (χ1v) is 4.69. The minimum Gasteiger partial charge on any atom is -0.433 e. The van der Waals surface area contributed by atoms with Crippen molar-refractivity contribution in [1.82, 2.24) is 0 Å². The summed E-state index contributed by atoms with van der Waals surface area (Å²) in [5.41, 5.74) is 0.958. The summed E-state index contributed by atoms with van der Waals surface area (Å²) in [7, 11) is 1.48. The SMILES string of the molecule is COC(C)OC(=O)C=Cc1ccccc1. The first-order chi connectivity index (χ1) is 7.22. The highest BCUT2D eigenvalue weighted by Crippen LogP contribution is 2.01. The normalized spacial score (nSPS) is 12.7. The number of carbonyl (C=O) groups is 1. The van der Waals surface area contributed by atoms with Gasteiger partial charge in [-0.2, -0.15) is 0 Å². The third-order valence-corrected chi connectivity index (χ3v) is 1.83. The fourth-order valence-corrected chi connectivity index (χ4v) is 0.979. The maximum absolute atomic E-state index is 11.2. The molecule has 0 saturated heterocycles. The highest BCUT2D eigenvalue weighted by Gasteiger charge is 2.03. The molecular weight excluding hydrogens is 192 g/mol. The Balaban J connectivity index is 2.48. The molecule has 0 aliphatic carbocycles. The molecule has 0 aliphatic rings. The van der Waals surface area contributed by atoms with Crippen molar-refractivity contribution >= 4 is 12.0 Å². The van der Waals surface area contributed by atoms with Gasteiger partial charge >= 0.3 is 5.97 Å². The van der Waals surface area contributed by atoms with E-state index in [4.69, 9.17) is 9.47 Å². The first-order valence-electron chi connectivity index (χ1n) is 4.69. The summed E-state index contributed by atoms with van der Waals surface area (Å²) in [4.78, 5) is 11.2. The Hall–Kier alpha value is -1.61. The van der Waals surface area contributed by atoms with E-state index >= 15 is 0 Å². The quantitative estimate of drug-likeness (QED) is 0.430. The van der Waals surface area contributed by atoms with Crippen LogP contribution < -0.4 is 0 Å². The molecule has 3 nitrogen and oxygen atoms in total. The van der Waals surface area contributed by atoms with E-state index in [0.29, 0.717) is 0 Å². The predicted molar refractivity (Wildman–Crippen MR) is 58.0 cm³/mol. The average Bonchev–Trinajstić information content (AvgIpc) is 2.27. The standard InChI is InChI=1S/C12H14O3/c1-10(14-2)15-12(13)9-8-11-6-4-3-5-7-11/h3-10H,1-2H3. The first kappa shape index (κ1) is 11.5. The van der Waals surface area contributed by atoms with Gasteiger partial charge < -0.3 is 9.47 Å². The number of ether oxygens (including phenoxy) is 2. The van der Waals surface area contributed by atoms with Crippen molar-refractivity contribution < 1.29 is 14.3 Å². The van der Waals surface area contributed by atoms with Crippen molar-refractivity contribution in [1.29, 1.82) is 0 Å². The molecule has 0 aliphatic heterocycles. The van der Waals surface area contributed by atoms with Crippen LogP contribution in [0.15, 0.2) is 36.4 Å². The van der Waals surface area contributed by atoms with E-state index < -0.39 is 12.3 Å². The summed E-state index contributed by atoms with van der Waals surface area (Å²) in [5, 5.41) is 0. The number of carbonyl (C=O) groups excluding carboxylic acids is 1. The highest BCUT2D eigenvalue weighted by atomic mass is 16.7. The zero-order valence-corrected chi connectivity index (χ0v) is 8.84. The molecule has 0 N–H and O–H groups in total. The van der Waals surface area contributed by atoms with Gasteiger partial charge in [0, 0.05) is 13.2 Å². The van der Waals surface area contributed by atoms with Crippen molar-refractivity contribution in [2.24, 2.45) is 0 Å². The monoisotopic (exact) mass is 206 g/mol. The minimum atomic E-state index is -0.516. The average molecular weight is 206 g/mol. The molecular formula is C12H14O3. The molecule has 1 atom stereocenters. The van der Waals surface area contributed by atoms with Crippen LogP contribution in [0, 0.1) is 0 Å². The van der Waals surface area contributed by atoms with Gasteiger partial charge in [-0.3, -0.25) is 0 Å². The molecule has 0 amide bonds. The fourth-order valence-electron chi connectivity index (χ4n) is 0.979. The Labute approximate surface area is 89.3 Å². The fraction of sp³-hybridized carbons (Fsp3) is 0.250. The lowest BCUT2D eigenvalue weighted by Gasteiger charge is -2.08. The van der Waals surface area contributed by atoms with E-state index in [1.165, 1.54) is 13.2 Å². The van der Waals surface area contributed by atoms with Crippen molar-refractivity contribution in [2.45, 2.75) is 13.2 Å². The molecule has 0 saturated carbocycles. The predicted octanol–water partition coefficient (Wildman–Crippen LogP) is 2.24. The van der Waals surface area contributed by atoms with E-state index in [0.717, 1.165) is 5.56 Å². The lowest BCUT2D eigenvalue weighted by Crippen LogP contribution is -2.14. The lowest BCUT2D eigenvalue weighted by atomic mass is 10.2. The van der Waals surface area contributed by atoms with Crippen LogP contribution in [0.4, 0.5) is 0 Å². The van der Waals surface area contributed by atoms with Crippen LogP contribution in [-0.4, -0.2) is 19.4 Å². The third-order valence-electron chi connectivity index (χ3n) is 1.83. The second-order valence-corrected chi connectivity index (χ2v) is 2.98. The number of methoxy groups -OCH3 is 1. The minimum absolute atomic E-state index is 0.409. The van der Waals surface area contributed by atoms with E-state index in [2.05, 4.69) is 0 Å². The molecule has 0 spiro atoms. The van der Waals surface area contributed by atoms with Gasteiger partial charge in [0.1, 0.15) is 0 Å². The van der Waals surface area contributed by atoms with Crippen molar-refractivity contribution in [3.63, 3.8) is 0 Å². The molecule has 1 aromatic rings. The van der Waals surface area contributed by atoms with Gasteiger partial charge in [-0.25, -0.2) is 4.79 Å². The molecule has 15 heavy (non-hydrogen) atoms. The molecule has 0 aromatic heterocycles. The third kappa shape index (κ3) is 4.42. The van der Waals surface area contributed by atoms with Crippen LogP contribution in [0.5, 0.6) is 0 Å². The van der Waals surface area contributed by atoms with Crippen molar-refractivity contribution in [3.8, 4) is 0 Å². The highest BCUT2D eigenvalue weighted by molar-refractivity contribution is 5.87. The maximum Gasteiger partial charge on any atom is 0.333 e. The zero-order chi connectivity index (χ0) is 11.1. The van der Waals surface area contributed by atoms with Gasteiger partial charge in [-0.1, -0.05) is 30.3 Å². The summed E-state index contributed by atoms with van der Waals surface area (Å²) in [6.45, 7) is 1.66. The van der Waals surface area contributed by atoms with Crippen molar-refractivity contribution in [3.05, 3.63) is 42.0 Å². The summed E-state index contributed by atoms with van der Waals surface area (Å²) >= 11 is 0. The Morgan fingerprint density at radius 3 is 2.60 bits per heavy atom. The maximum atomic E-state index is 11.2. The molecule has 0 radical (unpaired) electrons. The van der Waals surface area contributed by atoms with Gasteiger partial charge in [0.25, 0.3) is 0 Å². The Kier molecular flexibility index (Phi) is 4.57. The van der Waals surface area contributed by atoms with Gasteiger partial charge in [0.2, 0.25) is 0 Å². The van der Waals surface area contributed by atoms with Gasteiger partial charge in [-0.05, 0) is 18.6 Å². The summed E-state index contributed by atoms with van der Waals surface area (Å²) < 4.78 is 9.67. The smallest absolute Gasteiger partial charge is 0.333 e. The van der Waals surface area contributed by atoms with Gasteiger partial charge in [0.05, 0.1) is 0 Å².